The molecule has 0 aromatic carbocycles. The SMILES string of the molecule is CCN(CC)c1nc(Cl)nc(NCCc2ccc(Br)s2)n1. The van der Waals surface area contributed by atoms with Gasteiger partial charge in [-0.3, -0.25) is 0 Å². The lowest BCUT2D eigenvalue weighted by Gasteiger charge is -2.18. The summed E-state index contributed by atoms with van der Waals surface area (Å²) < 4.78 is 1.14. The Kier molecular flexibility index (Phi) is 6.20. The zero-order valence-corrected chi connectivity index (χ0v) is 15.1. The van der Waals surface area contributed by atoms with Crippen molar-refractivity contribution >= 4 is 50.8 Å². The normalized spacial score (nSPS) is 10.7. The molecule has 0 saturated carbocycles. The van der Waals surface area contributed by atoms with Gasteiger partial charge in [-0.1, -0.05) is 0 Å². The Bertz CT molecular complexity index is 588. The summed E-state index contributed by atoms with van der Waals surface area (Å²) in [5.41, 5.74) is 0. The highest BCUT2D eigenvalue weighted by atomic mass is 79.9. The van der Waals surface area contributed by atoms with Crippen molar-refractivity contribution in [3.05, 3.63) is 26.1 Å². The molecule has 0 bridgehead atoms. The maximum absolute atomic E-state index is 5.97. The Morgan fingerprint density at radius 2 is 2.00 bits per heavy atom. The second-order valence-corrected chi connectivity index (χ2v) is 7.17. The Labute approximate surface area is 141 Å². The van der Waals surface area contributed by atoms with Crippen LogP contribution in [-0.2, 0) is 6.42 Å². The van der Waals surface area contributed by atoms with E-state index in [-0.39, 0.29) is 5.28 Å². The van der Waals surface area contributed by atoms with Crippen LogP contribution in [0.15, 0.2) is 15.9 Å². The van der Waals surface area contributed by atoms with Crippen LogP contribution in [0.4, 0.5) is 11.9 Å². The first-order valence-corrected chi connectivity index (χ1v) is 8.75. The van der Waals surface area contributed by atoms with Crippen LogP contribution in [0.25, 0.3) is 0 Å². The number of nitrogens with one attached hydrogen (secondary N) is 1. The minimum absolute atomic E-state index is 0.216. The van der Waals surface area contributed by atoms with Gasteiger partial charge in [-0.2, -0.15) is 15.0 Å². The van der Waals surface area contributed by atoms with Gasteiger partial charge in [-0.05, 0) is 59.9 Å². The molecule has 2 aromatic rings. The molecule has 1 N–H and O–H groups in total. The lowest BCUT2D eigenvalue weighted by atomic mass is 10.3. The first-order valence-electron chi connectivity index (χ1n) is 6.77. The zero-order chi connectivity index (χ0) is 15.2. The Balaban J connectivity index is 1.99. The third-order valence-corrected chi connectivity index (χ3v) is 4.78. The molecule has 2 heterocycles. The minimum atomic E-state index is 0.216. The molecule has 0 atom stereocenters. The average molecular weight is 391 g/mol. The monoisotopic (exact) mass is 389 g/mol. The highest BCUT2D eigenvalue weighted by Gasteiger charge is 2.10. The van der Waals surface area contributed by atoms with Crippen LogP contribution in [0.2, 0.25) is 5.28 Å². The van der Waals surface area contributed by atoms with E-state index in [1.54, 1.807) is 11.3 Å². The molecule has 0 radical (unpaired) electrons. The van der Waals surface area contributed by atoms with Gasteiger partial charge in [-0.25, -0.2) is 0 Å². The van der Waals surface area contributed by atoms with Gasteiger partial charge in [0.2, 0.25) is 17.2 Å². The van der Waals surface area contributed by atoms with Gasteiger partial charge in [0.25, 0.3) is 0 Å². The second-order valence-electron chi connectivity index (χ2n) is 4.28. The molecule has 21 heavy (non-hydrogen) atoms. The van der Waals surface area contributed by atoms with Crippen LogP contribution in [0.1, 0.15) is 18.7 Å². The molecular weight excluding hydrogens is 374 g/mol. The Morgan fingerprint density at radius 3 is 2.62 bits per heavy atom. The molecule has 0 unspecified atom stereocenters. The van der Waals surface area contributed by atoms with E-state index in [0.717, 1.165) is 29.8 Å². The van der Waals surface area contributed by atoms with E-state index in [2.05, 4.69) is 62.2 Å². The summed E-state index contributed by atoms with van der Waals surface area (Å²) in [7, 11) is 0. The van der Waals surface area contributed by atoms with Crippen molar-refractivity contribution in [3.8, 4) is 0 Å². The largest absolute Gasteiger partial charge is 0.354 e. The quantitative estimate of drug-likeness (QED) is 0.778. The first-order chi connectivity index (χ1) is 10.1. The van der Waals surface area contributed by atoms with Crippen molar-refractivity contribution in [2.45, 2.75) is 20.3 Å². The molecule has 0 aliphatic heterocycles. The smallest absolute Gasteiger partial charge is 0.231 e. The first kappa shape index (κ1) is 16.5. The predicted molar refractivity (Wildman–Crippen MR) is 92.6 cm³/mol. The second kappa shape index (κ2) is 7.91. The molecule has 0 amide bonds. The average Bonchev–Trinajstić information content (AvgIpc) is 2.85. The molecule has 0 saturated heterocycles. The van der Waals surface area contributed by atoms with Gasteiger partial charge in [0, 0.05) is 24.5 Å². The predicted octanol–water partition coefficient (Wildman–Crippen LogP) is 3.85. The van der Waals surface area contributed by atoms with Crippen LogP contribution in [0.5, 0.6) is 0 Å². The van der Waals surface area contributed by atoms with Gasteiger partial charge in [0.1, 0.15) is 0 Å². The summed E-state index contributed by atoms with van der Waals surface area (Å²) in [4.78, 5) is 16.0. The van der Waals surface area contributed by atoms with E-state index in [0.29, 0.717) is 11.9 Å². The number of halogens is 2. The van der Waals surface area contributed by atoms with Crippen LogP contribution < -0.4 is 10.2 Å². The summed E-state index contributed by atoms with van der Waals surface area (Å²) in [5.74, 6) is 1.13. The summed E-state index contributed by atoms with van der Waals surface area (Å²) in [6.45, 7) is 6.54. The number of thiophene rings is 1. The number of hydrogen-bond donors (Lipinski definition) is 1. The number of hydrogen-bond acceptors (Lipinski definition) is 6. The van der Waals surface area contributed by atoms with E-state index in [1.807, 2.05) is 4.90 Å². The molecule has 8 heteroatoms. The Morgan fingerprint density at radius 1 is 1.24 bits per heavy atom. The van der Waals surface area contributed by atoms with Gasteiger partial charge >= 0.3 is 0 Å². The topological polar surface area (TPSA) is 53.9 Å². The Hall–Kier alpha value is -0.920. The van der Waals surface area contributed by atoms with Crippen molar-refractivity contribution in [1.82, 2.24) is 15.0 Å². The molecule has 0 aliphatic carbocycles. The van der Waals surface area contributed by atoms with Crippen LogP contribution in [0.3, 0.4) is 0 Å². The highest BCUT2D eigenvalue weighted by molar-refractivity contribution is 9.11. The highest BCUT2D eigenvalue weighted by Crippen LogP contribution is 2.22. The molecule has 114 valence electrons. The maximum atomic E-state index is 5.97. The maximum Gasteiger partial charge on any atom is 0.231 e. The molecule has 5 nitrogen and oxygen atoms in total. The van der Waals surface area contributed by atoms with Crippen LogP contribution in [0, 0.1) is 0 Å². The summed E-state index contributed by atoms with van der Waals surface area (Å²) in [6, 6.07) is 4.16. The summed E-state index contributed by atoms with van der Waals surface area (Å²) in [5, 5.41) is 3.42. The third kappa shape index (κ3) is 4.79. The fraction of sp³-hybridized carbons (Fsp3) is 0.462. The molecule has 0 fully saturated rings. The van der Waals surface area contributed by atoms with Gasteiger partial charge in [0.15, 0.2) is 0 Å². The van der Waals surface area contributed by atoms with Crippen molar-refractivity contribution in [2.75, 3.05) is 29.9 Å². The lowest BCUT2D eigenvalue weighted by molar-refractivity contribution is 0.810. The third-order valence-electron chi connectivity index (χ3n) is 2.93. The van der Waals surface area contributed by atoms with Gasteiger partial charge in [-0.15, -0.1) is 11.3 Å². The zero-order valence-electron chi connectivity index (χ0n) is 11.9. The molecule has 0 spiro atoms. The molecule has 2 rings (SSSR count). The van der Waals surface area contributed by atoms with Crippen molar-refractivity contribution in [1.29, 1.82) is 0 Å². The van der Waals surface area contributed by atoms with Gasteiger partial charge < -0.3 is 10.2 Å². The summed E-state index contributed by atoms with van der Waals surface area (Å²) in [6.07, 6.45) is 0.917. The standard InChI is InChI=1S/C13H17BrClN5S/c1-3-20(4-2)13-18-11(15)17-12(19-13)16-8-7-9-5-6-10(14)21-9/h5-6H,3-4,7-8H2,1-2H3,(H,16,17,18,19). The fourth-order valence-electron chi connectivity index (χ4n) is 1.85. The van der Waals surface area contributed by atoms with E-state index in [1.165, 1.54) is 4.88 Å². The van der Waals surface area contributed by atoms with Gasteiger partial charge in [0.05, 0.1) is 3.79 Å². The summed E-state index contributed by atoms with van der Waals surface area (Å²) >= 11 is 11.2. The molecular formula is C13H17BrClN5S. The van der Waals surface area contributed by atoms with E-state index in [4.69, 9.17) is 11.6 Å². The number of anilines is 2. The fourth-order valence-corrected chi connectivity index (χ4v) is 3.49. The van der Waals surface area contributed by atoms with E-state index >= 15 is 0 Å². The van der Waals surface area contributed by atoms with E-state index < -0.39 is 0 Å². The number of aromatic nitrogens is 3. The number of rotatable bonds is 7. The minimum Gasteiger partial charge on any atom is -0.354 e. The molecule has 0 aliphatic rings. The molecule has 2 aromatic heterocycles. The van der Waals surface area contributed by atoms with Crippen molar-refractivity contribution in [3.63, 3.8) is 0 Å². The van der Waals surface area contributed by atoms with Crippen molar-refractivity contribution in [2.24, 2.45) is 0 Å². The number of nitrogens with zero attached hydrogens (tertiary/aromatic N) is 4. The van der Waals surface area contributed by atoms with Crippen LogP contribution >= 0.6 is 38.9 Å². The van der Waals surface area contributed by atoms with Crippen molar-refractivity contribution < 1.29 is 0 Å². The van der Waals surface area contributed by atoms with E-state index in [9.17, 15) is 0 Å². The van der Waals surface area contributed by atoms with Crippen LogP contribution in [-0.4, -0.2) is 34.6 Å². The lowest BCUT2D eigenvalue weighted by Crippen LogP contribution is -2.25.